The number of hydrogen-bond acceptors (Lipinski definition) is 8. The number of anilines is 2. The van der Waals surface area contributed by atoms with E-state index in [0.717, 1.165) is 6.07 Å². The van der Waals surface area contributed by atoms with Crippen LogP contribution < -0.4 is 15.1 Å². The van der Waals surface area contributed by atoms with E-state index >= 15 is 4.39 Å². The molecule has 0 unspecified atom stereocenters. The second kappa shape index (κ2) is 11.7. The molecular weight excluding hydrogens is 550 g/mol. The Bertz CT molecular complexity index is 1120. The summed E-state index contributed by atoms with van der Waals surface area (Å²) in [4.78, 5) is 39.7. The van der Waals surface area contributed by atoms with E-state index < -0.39 is 48.3 Å². The molecule has 3 rings (SSSR count). The molecule has 2 fully saturated rings. The Labute approximate surface area is 227 Å². The SMILES string of the molecule is COC(=S)NC[C@H]1CN(c2ccc(N3CCN(C(=O)OC(C)(C)C)N(C(=O)C(F)(F)F)CC3)c(F)c2)C(=O)O1. The Balaban J connectivity index is 1.77. The topological polar surface area (TPSA) is 104 Å². The molecule has 3 amide bonds. The van der Waals surface area contributed by atoms with Crippen molar-refractivity contribution < 1.29 is 46.2 Å². The molecule has 0 aromatic heterocycles. The minimum Gasteiger partial charge on any atom is -0.474 e. The highest BCUT2D eigenvalue weighted by atomic mass is 32.1. The van der Waals surface area contributed by atoms with E-state index in [0.29, 0.717) is 5.01 Å². The van der Waals surface area contributed by atoms with Crippen LogP contribution in [0.2, 0.25) is 0 Å². The fourth-order valence-corrected chi connectivity index (χ4v) is 4.00. The van der Waals surface area contributed by atoms with Crippen LogP contribution in [0.5, 0.6) is 0 Å². The predicted octanol–water partition coefficient (Wildman–Crippen LogP) is 3.03. The van der Waals surface area contributed by atoms with Gasteiger partial charge in [-0.25, -0.2) is 24.0 Å². The van der Waals surface area contributed by atoms with Crippen LogP contribution in [0.4, 0.5) is 38.5 Å². The summed E-state index contributed by atoms with van der Waals surface area (Å²) in [5, 5.41) is 3.74. The lowest BCUT2D eigenvalue weighted by molar-refractivity contribution is -0.199. The number of carbonyl (C=O) groups is 3. The zero-order valence-electron chi connectivity index (χ0n) is 21.7. The molecule has 1 aromatic rings. The number of thiocarbonyl (C=S) groups is 1. The highest BCUT2D eigenvalue weighted by Gasteiger charge is 2.47. The van der Waals surface area contributed by atoms with Gasteiger partial charge in [-0.05, 0) is 51.2 Å². The maximum Gasteiger partial charge on any atom is 0.473 e. The van der Waals surface area contributed by atoms with Crippen molar-refractivity contribution in [2.75, 3.05) is 56.2 Å². The third-order valence-corrected chi connectivity index (χ3v) is 5.96. The molecule has 0 radical (unpaired) electrons. The lowest BCUT2D eigenvalue weighted by Gasteiger charge is -2.34. The molecular formula is C23H29F4N5O6S. The van der Waals surface area contributed by atoms with Gasteiger partial charge in [-0.15, -0.1) is 0 Å². The van der Waals surface area contributed by atoms with Gasteiger partial charge in [0, 0.05) is 13.1 Å². The summed E-state index contributed by atoms with van der Waals surface area (Å²) in [7, 11) is 1.39. The van der Waals surface area contributed by atoms with Gasteiger partial charge in [-0.1, -0.05) is 0 Å². The quantitative estimate of drug-likeness (QED) is 0.426. The summed E-state index contributed by atoms with van der Waals surface area (Å²) >= 11 is 4.88. The van der Waals surface area contributed by atoms with Crippen molar-refractivity contribution >= 4 is 46.9 Å². The van der Waals surface area contributed by atoms with Crippen molar-refractivity contribution in [2.24, 2.45) is 0 Å². The van der Waals surface area contributed by atoms with Crippen molar-refractivity contribution in [1.29, 1.82) is 0 Å². The Morgan fingerprint density at radius 2 is 1.77 bits per heavy atom. The Morgan fingerprint density at radius 1 is 1.13 bits per heavy atom. The number of rotatable bonds is 4. The fraction of sp³-hybridized carbons (Fsp3) is 0.565. The molecule has 2 aliphatic rings. The summed E-state index contributed by atoms with van der Waals surface area (Å²) in [5.41, 5.74) is -0.808. The number of halogens is 4. The van der Waals surface area contributed by atoms with E-state index in [9.17, 15) is 27.6 Å². The molecule has 1 N–H and O–H groups in total. The summed E-state index contributed by atoms with van der Waals surface area (Å²) in [6, 6.07) is 3.93. The van der Waals surface area contributed by atoms with Crippen LogP contribution >= 0.6 is 12.2 Å². The average molecular weight is 580 g/mol. The number of benzene rings is 1. The van der Waals surface area contributed by atoms with Crippen LogP contribution in [0.15, 0.2) is 18.2 Å². The van der Waals surface area contributed by atoms with Gasteiger partial charge in [0.05, 0.1) is 44.7 Å². The van der Waals surface area contributed by atoms with E-state index in [2.05, 4.69) is 5.32 Å². The van der Waals surface area contributed by atoms with Crippen LogP contribution in [0, 0.1) is 5.82 Å². The molecule has 2 saturated heterocycles. The first-order valence-electron chi connectivity index (χ1n) is 11.8. The summed E-state index contributed by atoms with van der Waals surface area (Å²) in [6.07, 6.45) is -7.65. The molecule has 0 aliphatic carbocycles. The van der Waals surface area contributed by atoms with Gasteiger partial charge in [0.2, 0.25) is 0 Å². The summed E-state index contributed by atoms with van der Waals surface area (Å²) in [5.74, 6) is -3.00. The minimum absolute atomic E-state index is 0.0143. The zero-order valence-corrected chi connectivity index (χ0v) is 22.5. The number of hydrazine groups is 1. The van der Waals surface area contributed by atoms with Crippen molar-refractivity contribution in [3.8, 4) is 0 Å². The molecule has 0 saturated carbocycles. The van der Waals surface area contributed by atoms with Gasteiger partial charge >= 0.3 is 24.3 Å². The second-order valence-electron chi connectivity index (χ2n) is 9.64. The third-order valence-electron chi connectivity index (χ3n) is 5.65. The standard InChI is InChI=1S/C23H29F4N5O6S/c1-22(2,3)38-21(35)32-10-8-29(7-9-31(32)18(33)23(25,26)27)17-6-5-14(11-16(17)24)30-13-15(37-20(30)34)12-28-19(39)36-4/h5-6,11,15H,7-10,12-13H2,1-4H3,(H,28,39)/t15-/m0/s1. The number of cyclic esters (lactones) is 1. The molecule has 0 bridgehead atoms. The van der Waals surface area contributed by atoms with E-state index in [-0.39, 0.29) is 54.3 Å². The van der Waals surface area contributed by atoms with Crippen molar-refractivity contribution in [2.45, 2.75) is 38.7 Å². The Kier molecular flexibility index (Phi) is 8.98. The maximum atomic E-state index is 15.2. The second-order valence-corrected chi connectivity index (χ2v) is 10.0. The van der Waals surface area contributed by atoms with Gasteiger partial charge in [-0.2, -0.15) is 13.2 Å². The first-order chi connectivity index (χ1) is 18.1. The molecule has 216 valence electrons. The van der Waals surface area contributed by atoms with Crippen LogP contribution in [0.3, 0.4) is 0 Å². The largest absolute Gasteiger partial charge is 0.474 e. The monoisotopic (exact) mass is 579 g/mol. The molecule has 2 heterocycles. The molecule has 1 aromatic carbocycles. The molecule has 0 spiro atoms. The Morgan fingerprint density at radius 3 is 2.33 bits per heavy atom. The van der Waals surface area contributed by atoms with Gasteiger partial charge in [0.1, 0.15) is 17.5 Å². The number of methoxy groups -OCH3 is 1. The molecule has 16 heteroatoms. The van der Waals surface area contributed by atoms with Crippen LogP contribution in [-0.2, 0) is 19.0 Å². The molecule has 1 atom stereocenters. The number of amides is 3. The van der Waals surface area contributed by atoms with E-state index in [1.165, 1.54) is 49.8 Å². The average Bonchev–Trinajstić information content (AvgIpc) is 3.06. The third kappa shape index (κ3) is 7.52. The number of ether oxygens (including phenoxy) is 3. The van der Waals surface area contributed by atoms with Crippen molar-refractivity contribution in [3.63, 3.8) is 0 Å². The van der Waals surface area contributed by atoms with Crippen LogP contribution in [0.25, 0.3) is 0 Å². The summed E-state index contributed by atoms with van der Waals surface area (Å²) in [6.45, 7) is 3.64. The van der Waals surface area contributed by atoms with Crippen LogP contribution in [-0.4, -0.2) is 97.5 Å². The highest BCUT2D eigenvalue weighted by molar-refractivity contribution is 7.80. The van der Waals surface area contributed by atoms with Gasteiger partial charge in [-0.3, -0.25) is 9.69 Å². The van der Waals surface area contributed by atoms with E-state index in [1.807, 2.05) is 0 Å². The van der Waals surface area contributed by atoms with Gasteiger partial charge < -0.3 is 24.4 Å². The number of hydrogen-bond donors (Lipinski definition) is 1. The van der Waals surface area contributed by atoms with Crippen molar-refractivity contribution in [1.82, 2.24) is 15.3 Å². The smallest absolute Gasteiger partial charge is 0.473 e. The molecule has 11 nitrogen and oxygen atoms in total. The molecule has 2 aliphatic heterocycles. The Hall–Kier alpha value is -3.56. The minimum atomic E-state index is -5.24. The normalized spacial score (nSPS) is 18.5. The number of nitrogens with zero attached hydrogens (tertiary/aromatic N) is 4. The van der Waals surface area contributed by atoms with Gasteiger partial charge in [0.25, 0.3) is 5.17 Å². The first-order valence-corrected chi connectivity index (χ1v) is 12.2. The molecule has 39 heavy (non-hydrogen) atoms. The van der Waals surface area contributed by atoms with Gasteiger partial charge in [0.15, 0.2) is 0 Å². The van der Waals surface area contributed by atoms with E-state index in [4.69, 9.17) is 26.4 Å². The predicted molar refractivity (Wildman–Crippen MR) is 135 cm³/mol. The number of carbonyl (C=O) groups excluding carboxylic acids is 3. The fourth-order valence-electron chi connectivity index (χ4n) is 3.92. The zero-order chi connectivity index (χ0) is 29.1. The summed E-state index contributed by atoms with van der Waals surface area (Å²) < 4.78 is 70.3. The maximum absolute atomic E-state index is 15.2. The number of alkyl halides is 3. The van der Waals surface area contributed by atoms with Crippen molar-refractivity contribution in [3.05, 3.63) is 24.0 Å². The van der Waals surface area contributed by atoms with E-state index in [1.54, 1.807) is 0 Å². The lowest BCUT2D eigenvalue weighted by atomic mass is 10.2. The van der Waals surface area contributed by atoms with Crippen LogP contribution in [0.1, 0.15) is 20.8 Å². The first kappa shape index (κ1) is 30.0. The highest BCUT2D eigenvalue weighted by Crippen LogP contribution is 2.29. The lowest BCUT2D eigenvalue weighted by Crippen LogP contribution is -2.55. The number of nitrogens with one attached hydrogen (secondary N) is 1.